The minimum absolute atomic E-state index is 0.0528. The lowest BCUT2D eigenvalue weighted by Gasteiger charge is -2.11. The SMILES string of the molecule is CC(SS)c1nc(C(C)(C)C)no1. The molecule has 0 radical (unpaired) electrons. The zero-order valence-electron chi connectivity index (χ0n) is 8.24. The highest BCUT2D eigenvalue weighted by Crippen LogP contribution is 2.30. The molecular formula is C8H14N2OS2. The number of thiol groups is 1. The van der Waals surface area contributed by atoms with E-state index in [2.05, 4.69) is 42.6 Å². The summed E-state index contributed by atoms with van der Waals surface area (Å²) in [6.45, 7) is 8.15. The van der Waals surface area contributed by atoms with E-state index in [0.717, 1.165) is 5.82 Å². The van der Waals surface area contributed by atoms with E-state index >= 15 is 0 Å². The molecule has 0 fully saturated rings. The number of rotatable bonds is 2. The van der Waals surface area contributed by atoms with Crippen LogP contribution in [0.1, 0.15) is 44.7 Å². The van der Waals surface area contributed by atoms with Gasteiger partial charge in [-0.2, -0.15) is 4.98 Å². The smallest absolute Gasteiger partial charge is 0.240 e. The van der Waals surface area contributed by atoms with Crippen LogP contribution in [0.4, 0.5) is 0 Å². The van der Waals surface area contributed by atoms with Crippen molar-refractivity contribution in [2.45, 2.75) is 38.4 Å². The molecule has 1 atom stereocenters. The Morgan fingerprint density at radius 3 is 2.46 bits per heavy atom. The van der Waals surface area contributed by atoms with Gasteiger partial charge >= 0.3 is 0 Å². The first kappa shape index (κ1) is 10.9. The van der Waals surface area contributed by atoms with Crippen molar-refractivity contribution >= 4 is 22.5 Å². The fourth-order valence-electron chi connectivity index (χ4n) is 0.750. The summed E-state index contributed by atoms with van der Waals surface area (Å²) in [5, 5.41) is 4.07. The first-order chi connectivity index (χ1) is 5.95. The molecule has 0 saturated heterocycles. The molecule has 1 rings (SSSR count). The van der Waals surface area contributed by atoms with Crippen LogP contribution in [-0.2, 0) is 5.41 Å². The Bertz CT molecular complexity index is 280. The van der Waals surface area contributed by atoms with Gasteiger partial charge in [0.05, 0.1) is 5.25 Å². The average molecular weight is 218 g/mol. The summed E-state index contributed by atoms with van der Waals surface area (Å²) >= 11 is 4.10. The third-order valence-electron chi connectivity index (χ3n) is 1.62. The van der Waals surface area contributed by atoms with E-state index in [-0.39, 0.29) is 10.7 Å². The van der Waals surface area contributed by atoms with Gasteiger partial charge in [0, 0.05) is 5.41 Å². The summed E-state index contributed by atoms with van der Waals surface area (Å²) in [6.07, 6.45) is 0. The maximum Gasteiger partial charge on any atom is 0.240 e. The van der Waals surface area contributed by atoms with Gasteiger partial charge in [-0.1, -0.05) is 36.7 Å². The van der Waals surface area contributed by atoms with Crippen LogP contribution in [0, 0.1) is 0 Å². The van der Waals surface area contributed by atoms with E-state index in [9.17, 15) is 0 Å². The van der Waals surface area contributed by atoms with Crippen LogP contribution in [0.3, 0.4) is 0 Å². The number of hydrogen-bond acceptors (Lipinski definition) is 5. The Labute approximate surface area is 87.5 Å². The predicted molar refractivity (Wildman–Crippen MR) is 58.0 cm³/mol. The van der Waals surface area contributed by atoms with Crippen LogP contribution < -0.4 is 0 Å². The summed E-state index contributed by atoms with van der Waals surface area (Å²) < 4.78 is 5.11. The molecule has 1 unspecified atom stereocenters. The Morgan fingerprint density at radius 2 is 2.08 bits per heavy atom. The van der Waals surface area contributed by atoms with Gasteiger partial charge in [-0.25, -0.2) is 0 Å². The van der Waals surface area contributed by atoms with Gasteiger partial charge in [0.25, 0.3) is 0 Å². The number of nitrogens with zero attached hydrogens (tertiary/aromatic N) is 2. The molecule has 0 aliphatic carbocycles. The Kier molecular flexibility index (Phi) is 3.29. The largest absolute Gasteiger partial charge is 0.338 e. The maximum absolute atomic E-state index is 5.11. The summed E-state index contributed by atoms with van der Waals surface area (Å²) in [6, 6.07) is 0. The summed E-state index contributed by atoms with van der Waals surface area (Å²) in [5.41, 5.74) is -0.0528. The van der Waals surface area contributed by atoms with Crippen molar-refractivity contribution in [3.05, 3.63) is 11.7 Å². The molecule has 0 bridgehead atoms. The summed E-state index contributed by atoms with van der Waals surface area (Å²) in [4.78, 5) is 4.30. The van der Waals surface area contributed by atoms with Gasteiger partial charge in [-0.3, -0.25) is 0 Å². The molecule has 1 aromatic rings. The van der Waals surface area contributed by atoms with E-state index in [4.69, 9.17) is 4.52 Å². The molecule has 0 amide bonds. The highest BCUT2D eigenvalue weighted by atomic mass is 33.1. The average Bonchev–Trinajstić information content (AvgIpc) is 2.50. The number of hydrogen-bond donors (Lipinski definition) is 1. The molecule has 13 heavy (non-hydrogen) atoms. The van der Waals surface area contributed by atoms with E-state index in [1.807, 2.05) is 6.92 Å². The van der Waals surface area contributed by atoms with Gasteiger partial charge in [0.2, 0.25) is 5.89 Å². The number of aromatic nitrogens is 2. The molecule has 1 heterocycles. The lowest BCUT2D eigenvalue weighted by molar-refractivity contribution is 0.364. The van der Waals surface area contributed by atoms with E-state index in [1.54, 1.807) is 0 Å². The molecule has 5 heteroatoms. The fraction of sp³-hybridized carbons (Fsp3) is 0.750. The van der Waals surface area contributed by atoms with Crippen LogP contribution >= 0.6 is 22.5 Å². The minimum atomic E-state index is -0.0528. The second kappa shape index (κ2) is 3.92. The van der Waals surface area contributed by atoms with Crippen molar-refractivity contribution in [1.82, 2.24) is 10.1 Å². The molecule has 0 spiro atoms. The van der Waals surface area contributed by atoms with Crippen LogP contribution in [0.25, 0.3) is 0 Å². The second-order valence-corrected chi connectivity index (χ2v) is 5.50. The normalized spacial score (nSPS) is 14.5. The van der Waals surface area contributed by atoms with Crippen molar-refractivity contribution in [2.75, 3.05) is 0 Å². The molecular weight excluding hydrogens is 204 g/mol. The third-order valence-corrected chi connectivity index (χ3v) is 3.08. The second-order valence-electron chi connectivity index (χ2n) is 3.95. The van der Waals surface area contributed by atoms with Crippen LogP contribution in [0.5, 0.6) is 0 Å². The van der Waals surface area contributed by atoms with Crippen molar-refractivity contribution < 1.29 is 4.52 Å². The van der Waals surface area contributed by atoms with Crippen molar-refractivity contribution in [3.8, 4) is 0 Å². The highest BCUT2D eigenvalue weighted by molar-refractivity contribution is 8.68. The summed E-state index contributed by atoms with van der Waals surface area (Å²) in [7, 11) is 1.40. The monoisotopic (exact) mass is 218 g/mol. The minimum Gasteiger partial charge on any atom is -0.338 e. The van der Waals surface area contributed by atoms with Gasteiger partial charge in [0.1, 0.15) is 0 Å². The third kappa shape index (κ3) is 2.64. The molecule has 0 aromatic carbocycles. The molecule has 1 aromatic heterocycles. The van der Waals surface area contributed by atoms with Gasteiger partial charge < -0.3 is 4.52 Å². The zero-order chi connectivity index (χ0) is 10.1. The van der Waals surface area contributed by atoms with Crippen LogP contribution in [0.15, 0.2) is 4.52 Å². The molecule has 3 nitrogen and oxygen atoms in total. The van der Waals surface area contributed by atoms with Crippen LogP contribution in [-0.4, -0.2) is 10.1 Å². The van der Waals surface area contributed by atoms with Crippen molar-refractivity contribution in [2.24, 2.45) is 0 Å². The topological polar surface area (TPSA) is 38.9 Å². The first-order valence-corrected chi connectivity index (χ1v) is 6.02. The Hall–Kier alpha value is -0.160. The predicted octanol–water partition coefficient (Wildman–Crippen LogP) is 3.01. The van der Waals surface area contributed by atoms with Crippen molar-refractivity contribution in [1.29, 1.82) is 0 Å². The molecule has 74 valence electrons. The van der Waals surface area contributed by atoms with E-state index in [1.165, 1.54) is 10.8 Å². The van der Waals surface area contributed by atoms with Gasteiger partial charge in [-0.15, -0.1) is 11.7 Å². The standard InChI is InChI=1S/C8H14N2OS2/c1-5(13-12)6-9-7(10-11-6)8(2,3)4/h5,12H,1-4H3. The molecule has 0 saturated carbocycles. The summed E-state index contributed by atoms with van der Waals surface area (Å²) in [5.74, 6) is 1.39. The van der Waals surface area contributed by atoms with Gasteiger partial charge in [-0.05, 0) is 6.92 Å². The Balaban J connectivity index is 2.87. The van der Waals surface area contributed by atoms with E-state index in [0.29, 0.717) is 5.89 Å². The van der Waals surface area contributed by atoms with E-state index < -0.39 is 0 Å². The fourth-order valence-corrected chi connectivity index (χ4v) is 1.21. The quantitative estimate of drug-likeness (QED) is 0.612. The Morgan fingerprint density at radius 1 is 1.46 bits per heavy atom. The molecule has 0 aliphatic heterocycles. The zero-order valence-corrected chi connectivity index (χ0v) is 9.95. The van der Waals surface area contributed by atoms with Crippen molar-refractivity contribution in [3.63, 3.8) is 0 Å². The highest BCUT2D eigenvalue weighted by Gasteiger charge is 2.22. The lowest BCUT2D eigenvalue weighted by Crippen LogP contribution is -2.13. The van der Waals surface area contributed by atoms with Crippen LogP contribution in [0.2, 0.25) is 0 Å². The molecule has 0 N–H and O–H groups in total. The van der Waals surface area contributed by atoms with Gasteiger partial charge in [0.15, 0.2) is 5.82 Å². The maximum atomic E-state index is 5.11. The lowest BCUT2D eigenvalue weighted by atomic mass is 9.96. The first-order valence-electron chi connectivity index (χ1n) is 4.09. The molecule has 0 aliphatic rings.